The van der Waals surface area contributed by atoms with Gasteiger partial charge in [0.15, 0.2) is 5.78 Å². The predicted molar refractivity (Wildman–Crippen MR) is 112 cm³/mol. The quantitative estimate of drug-likeness (QED) is 0.756. The fourth-order valence-corrected chi connectivity index (χ4v) is 4.71. The largest absolute Gasteiger partial charge is 0.339 e. The lowest BCUT2D eigenvalue weighted by Crippen LogP contribution is -2.51. The van der Waals surface area contributed by atoms with Crippen molar-refractivity contribution in [3.8, 4) is 5.82 Å². The molecule has 1 amide bonds. The van der Waals surface area contributed by atoms with Gasteiger partial charge in [-0.3, -0.25) is 19.1 Å². The molecule has 5 heterocycles. The van der Waals surface area contributed by atoms with Crippen LogP contribution in [0.1, 0.15) is 12.8 Å². The molecule has 0 saturated carbocycles. The van der Waals surface area contributed by atoms with Gasteiger partial charge >= 0.3 is 0 Å². The van der Waals surface area contributed by atoms with Gasteiger partial charge in [-0.15, -0.1) is 0 Å². The summed E-state index contributed by atoms with van der Waals surface area (Å²) in [7, 11) is 0. The van der Waals surface area contributed by atoms with E-state index in [9.17, 15) is 9.59 Å². The van der Waals surface area contributed by atoms with Gasteiger partial charge in [0.2, 0.25) is 11.9 Å². The Kier molecular flexibility index (Phi) is 5.22. The zero-order chi connectivity index (χ0) is 20.5. The fourth-order valence-electron chi connectivity index (χ4n) is 4.71. The molecular weight excluding hydrogens is 382 g/mol. The summed E-state index contributed by atoms with van der Waals surface area (Å²) < 4.78 is 2.03. The summed E-state index contributed by atoms with van der Waals surface area (Å²) in [5.41, 5.74) is 0. The van der Waals surface area contributed by atoms with Crippen LogP contribution in [0.25, 0.3) is 5.82 Å². The second-order valence-corrected chi connectivity index (χ2v) is 8.21. The van der Waals surface area contributed by atoms with Crippen molar-refractivity contribution >= 4 is 17.6 Å². The minimum Gasteiger partial charge on any atom is -0.339 e. The lowest BCUT2D eigenvalue weighted by Gasteiger charge is -2.38. The monoisotopic (exact) mass is 409 g/mol. The minimum atomic E-state index is -0.165. The van der Waals surface area contributed by atoms with Gasteiger partial charge in [-0.1, -0.05) is 6.07 Å². The second kappa shape index (κ2) is 8.16. The number of pyridine rings is 1. The molecular formula is C21H27N7O2. The van der Waals surface area contributed by atoms with Crippen LogP contribution < -0.4 is 10.2 Å². The third-order valence-corrected chi connectivity index (χ3v) is 6.38. The maximum atomic E-state index is 12.7. The van der Waals surface area contributed by atoms with Crippen molar-refractivity contribution in [1.82, 2.24) is 29.7 Å². The van der Waals surface area contributed by atoms with Crippen LogP contribution in [-0.2, 0) is 9.59 Å². The van der Waals surface area contributed by atoms with Crippen LogP contribution in [0.4, 0.5) is 5.95 Å². The van der Waals surface area contributed by atoms with E-state index in [-0.39, 0.29) is 24.3 Å². The van der Waals surface area contributed by atoms with Crippen molar-refractivity contribution in [3.63, 3.8) is 0 Å². The van der Waals surface area contributed by atoms with E-state index in [1.165, 1.54) is 0 Å². The Labute approximate surface area is 175 Å². The maximum Gasteiger partial charge on any atom is 0.240 e. The number of nitrogens with zero attached hydrogens (tertiary/aromatic N) is 6. The van der Waals surface area contributed by atoms with Crippen molar-refractivity contribution in [2.24, 2.45) is 0 Å². The average molecular weight is 409 g/mol. The molecule has 5 rings (SSSR count). The van der Waals surface area contributed by atoms with Gasteiger partial charge in [0, 0.05) is 70.3 Å². The Balaban J connectivity index is 1.17. The van der Waals surface area contributed by atoms with Gasteiger partial charge < -0.3 is 15.1 Å². The normalized spacial score (nSPS) is 25.3. The smallest absolute Gasteiger partial charge is 0.240 e. The standard InChI is InChI=1S/C21H27N7O2/c29-17-4-7-27(15-17)20(30)18-13-16(14-24-18)25-9-11-26(12-10-25)21-23-6-8-28(21)19-3-1-2-5-22-19/h1-3,5-6,8,16,18,24H,4,7,9-15H2/t16-,18-/m0/s1. The molecule has 3 saturated heterocycles. The number of rotatable bonds is 4. The van der Waals surface area contributed by atoms with E-state index in [1.54, 1.807) is 11.1 Å². The van der Waals surface area contributed by atoms with Crippen LogP contribution in [0.2, 0.25) is 0 Å². The summed E-state index contributed by atoms with van der Waals surface area (Å²) in [6, 6.07) is 6.06. The number of piperazine rings is 1. The number of ketones is 1. The van der Waals surface area contributed by atoms with E-state index >= 15 is 0 Å². The van der Waals surface area contributed by atoms with Crippen molar-refractivity contribution in [2.75, 3.05) is 50.7 Å². The molecule has 3 fully saturated rings. The van der Waals surface area contributed by atoms with Crippen LogP contribution in [0, 0.1) is 0 Å². The molecule has 3 aliphatic rings. The van der Waals surface area contributed by atoms with Crippen LogP contribution in [0.5, 0.6) is 0 Å². The van der Waals surface area contributed by atoms with E-state index in [1.807, 2.05) is 35.2 Å². The van der Waals surface area contributed by atoms with E-state index in [0.29, 0.717) is 19.0 Å². The molecule has 0 bridgehead atoms. The van der Waals surface area contributed by atoms with Gasteiger partial charge in [0.05, 0.1) is 12.6 Å². The van der Waals surface area contributed by atoms with E-state index in [2.05, 4.69) is 25.1 Å². The third kappa shape index (κ3) is 3.70. The lowest BCUT2D eigenvalue weighted by molar-refractivity contribution is -0.133. The highest BCUT2D eigenvalue weighted by molar-refractivity contribution is 5.91. The molecule has 2 aromatic heterocycles. The van der Waals surface area contributed by atoms with Crippen molar-refractivity contribution in [2.45, 2.75) is 24.9 Å². The van der Waals surface area contributed by atoms with E-state index in [4.69, 9.17) is 0 Å². The number of likely N-dealkylation sites (tertiary alicyclic amines) is 1. The van der Waals surface area contributed by atoms with Gasteiger partial charge in [-0.05, 0) is 18.6 Å². The summed E-state index contributed by atoms with van der Waals surface area (Å²) in [5.74, 6) is 2.04. The van der Waals surface area contributed by atoms with Crippen LogP contribution in [-0.4, -0.2) is 93.9 Å². The molecule has 1 N–H and O–H groups in total. The van der Waals surface area contributed by atoms with Crippen LogP contribution in [0.3, 0.4) is 0 Å². The molecule has 3 aliphatic heterocycles. The zero-order valence-electron chi connectivity index (χ0n) is 17.0. The molecule has 9 heteroatoms. The summed E-state index contributed by atoms with van der Waals surface area (Å²) in [6.45, 7) is 5.32. The number of aromatic nitrogens is 3. The molecule has 0 radical (unpaired) electrons. The average Bonchev–Trinajstić information content (AvgIpc) is 3.54. The Bertz CT molecular complexity index is 907. The first-order chi connectivity index (χ1) is 14.7. The summed E-state index contributed by atoms with van der Waals surface area (Å²) in [6.07, 6.45) is 6.87. The first kappa shape index (κ1) is 19.2. The van der Waals surface area contributed by atoms with Crippen molar-refractivity contribution in [3.05, 3.63) is 36.8 Å². The number of hydrogen-bond acceptors (Lipinski definition) is 7. The highest BCUT2D eigenvalue weighted by Crippen LogP contribution is 2.22. The molecule has 30 heavy (non-hydrogen) atoms. The Hall–Kier alpha value is -2.78. The lowest BCUT2D eigenvalue weighted by atomic mass is 10.1. The van der Waals surface area contributed by atoms with Gasteiger partial charge in [-0.25, -0.2) is 9.97 Å². The summed E-state index contributed by atoms with van der Waals surface area (Å²) in [4.78, 5) is 39.6. The molecule has 158 valence electrons. The first-order valence-corrected chi connectivity index (χ1v) is 10.7. The molecule has 9 nitrogen and oxygen atoms in total. The van der Waals surface area contributed by atoms with Crippen molar-refractivity contribution in [1.29, 1.82) is 0 Å². The maximum absolute atomic E-state index is 12.7. The highest BCUT2D eigenvalue weighted by Gasteiger charge is 2.37. The number of carbonyl (C=O) groups is 2. The van der Waals surface area contributed by atoms with Crippen LogP contribution >= 0.6 is 0 Å². The SMILES string of the molecule is O=C1CCN(C(=O)[C@@H]2C[C@H](N3CCN(c4nccn4-c4ccccn4)CC3)CN2)C1. The molecule has 2 aromatic rings. The number of hydrogen-bond donors (Lipinski definition) is 1. The summed E-state index contributed by atoms with van der Waals surface area (Å²) in [5, 5.41) is 3.38. The topological polar surface area (TPSA) is 86.6 Å². The Morgan fingerprint density at radius 2 is 1.93 bits per heavy atom. The number of Topliss-reactive ketones (excluding diaryl/α,β-unsaturated/α-hetero) is 1. The molecule has 0 spiro atoms. The van der Waals surface area contributed by atoms with Crippen molar-refractivity contribution < 1.29 is 9.59 Å². The van der Waals surface area contributed by atoms with E-state index in [0.717, 1.165) is 50.9 Å². The number of nitrogens with one attached hydrogen (secondary N) is 1. The Morgan fingerprint density at radius 3 is 2.67 bits per heavy atom. The minimum absolute atomic E-state index is 0.0828. The highest BCUT2D eigenvalue weighted by atomic mass is 16.2. The summed E-state index contributed by atoms with van der Waals surface area (Å²) >= 11 is 0. The van der Waals surface area contributed by atoms with Gasteiger partial charge in [0.1, 0.15) is 5.82 Å². The second-order valence-electron chi connectivity index (χ2n) is 8.21. The van der Waals surface area contributed by atoms with Gasteiger partial charge in [-0.2, -0.15) is 0 Å². The Morgan fingerprint density at radius 1 is 1.07 bits per heavy atom. The molecule has 0 unspecified atom stereocenters. The first-order valence-electron chi connectivity index (χ1n) is 10.7. The predicted octanol–water partition coefficient (Wildman–Crippen LogP) is -0.0788. The number of carbonyl (C=O) groups excluding carboxylic acids is 2. The molecule has 2 atom stereocenters. The van der Waals surface area contributed by atoms with Gasteiger partial charge in [0.25, 0.3) is 0 Å². The third-order valence-electron chi connectivity index (χ3n) is 6.38. The number of anilines is 1. The fraction of sp³-hybridized carbons (Fsp3) is 0.524. The number of imidazole rings is 1. The van der Waals surface area contributed by atoms with E-state index < -0.39 is 0 Å². The van der Waals surface area contributed by atoms with Crippen LogP contribution in [0.15, 0.2) is 36.8 Å². The number of amides is 1. The zero-order valence-corrected chi connectivity index (χ0v) is 17.0. The molecule has 0 aromatic carbocycles. The molecule has 0 aliphatic carbocycles.